The van der Waals surface area contributed by atoms with E-state index in [2.05, 4.69) is 5.32 Å². The molecular formula is C12H23NO5. The Kier molecular flexibility index (Phi) is 7.35. The van der Waals surface area contributed by atoms with Gasteiger partial charge >= 0.3 is 12.1 Å². The molecule has 0 heterocycles. The molecule has 1 N–H and O–H groups in total. The average molecular weight is 261 g/mol. The van der Waals surface area contributed by atoms with Crippen LogP contribution in [0.5, 0.6) is 0 Å². The number of carbonyl (C=O) groups excluding carboxylic acids is 2. The van der Waals surface area contributed by atoms with Gasteiger partial charge in [-0.05, 0) is 34.6 Å². The average Bonchev–Trinajstić information content (AvgIpc) is 2.21. The molecule has 0 unspecified atom stereocenters. The molecule has 1 amide bonds. The lowest BCUT2D eigenvalue weighted by Gasteiger charge is -2.20. The van der Waals surface area contributed by atoms with Gasteiger partial charge in [0.1, 0.15) is 12.2 Å². The summed E-state index contributed by atoms with van der Waals surface area (Å²) < 4.78 is 15.0. The van der Waals surface area contributed by atoms with Crippen LogP contribution in [0.2, 0.25) is 0 Å². The van der Waals surface area contributed by atoms with E-state index in [0.717, 1.165) is 0 Å². The number of carbonyl (C=O) groups is 2. The highest BCUT2D eigenvalue weighted by Gasteiger charge is 2.16. The van der Waals surface area contributed by atoms with E-state index in [4.69, 9.17) is 14.2 Å². The van der Waals surface area contributed by atoms with Crippen molar-refractivity contribution in [1.29, 1.82) is 0 Å². The Morgan fingerprint density at radius 1 is 1.28 bits per heavy atom. The lowest BCUT2D eigenvalue weighted by molar-refractivity contribution is -0.150. The summed E-state index contributed by atoms with van der Waals surface area (Å²) >= 11 is 0. The predicted molar refractivity (Wildman–Crippen MR) is 66.3 cm³/mol. The summed E-state index contributed by atoms with van der Waals surface area (Å²) in [5.41, 5.74) is -0.529. The van der Waals surface area contributed by atoms with E-state index in [1.165, 1.54) is 0 Å². The molecule has 0 radical (unpaired) electrons. The SMILES string of the molecule is CCOC(=O)CO[C@@H](C)CNC(=O)OC(C)(C)C. The van der Waals surface area contributed by atoms with Crippen LogP contribution in [0.15, 0.2) is 0 Å². The standard InChI is InChI=1S/C12H23NO5/c1-6-16-10(14)8-17-9(2)7-13-11(15)18-12(3,4)5/h9H,6-8H2,1-5H3,(H,13,15)/t9-/m0/s1. The summed E-state index contributed by atoms with van der Waals surface area (Å²) in [7, 11) is 0. The van der Waals surface area contributed by atoms with Crippen molar-refractivity contribution >= 4 is 12.1 Å². The summed E-state index contributed by atoms with van der Waals surface area (Å²) in [6.07, 6.45) is -0.795. The first-order valence-electron chi connectivity index (χ1n) is 5.98. The van der Waals surface area contributed by atoms with Crippen LogP contribution in [0.4, 0.5) is 4.79 Å². The molecule has 0 fully saturated rings. The predicted octanol–water partition coefficient (Wildman–Crippen LogP) is 1.48. The molecule has 0 aromatic heterocycles. The maximum Gasteiger partial charge on any atom is 0.407 e. The lowest BCUT2D eigenvalue weighted by Crippen LogP contribution is -2.37. The van der Waals surface area contributed by atoms with E-state index < -0.39 is 17.7 Å². The molecule has 0 aliphatic rings. The molecule has 0 bridgehead atoms. The van der Waals surface area contributed by atoms with Gasteiger partial charge in [-0.3, -0.25) is 0 Å². The molecule has 6 heteroatoms. The highest BCUT2D eigenvalue weighted by molar-refractivity contribution is 5.70. The van der Waals surface area contributed by atoms with Crippen molar-refractivity contribution < 1.29 is 23.8 Å². The van der Waals surface area contributed by atoms with E-state index >= 15 is 0 Å². The fraction of sp³-hybridized carbons (Fsp3) is 0.833. The Morgan fingerprint density at radius 3 is 2.39 bits per heavy atom. The third-order valence-electron chi connectivity index (χ3n) is 1.72. The van der Waals surface area contributed by atoms with Gasteiger partial charge in [-0.25, -0.2) is 9.59 Å². The van der Waals surface area contributed by atoms with Crippen molar-refractivity contribution in [2.45, 2.75) is 46.3 Å². The zero-order valence-electron chi connectivity index (χ0n) is 11.7. The third-order valence-corrected chi connectivity index (χ3v) is 1.72. The van der Waals surface area contributed by atoms with Crippen molar-refractivity contribution in [2.24, 2.45) is 0 Å². The number of esters is 1. The lowest BCUT2D eigenvalue weighted by atomic mass is 10.2. The number of hydrogen-bond acceptors (Lipinski definition) is 5. The molecule has 0 aliphatic carbocycles. The largest absolute Gasteiger partial charge is 0.464 e. The zero-order chi connectivity index (χ0) is 14.2. The minimum absolute atomic E-state index is 0.120. The molecule has 1 atom stereocenters. The molecule has 0 saturated carbocycles. The quantitative estimate of drug-likeness (QED) is 0.733. The first-order valence-corrected chi connectivity index (χ1v) is 5.98. The van der Waals surface area contributed by atoms with Gasteiger partial charge in [0.15, 0.2) is 0 Å². The minimum atomic E-state index is -0.529. The van der Waals surface area contributed by atoms with Gasteiger partial charge in [-0.15, -0.1) is 0 Å². The van der Waals surface area contributed by atoms with Crippen molar-refractivity contribution in [2.75, 3.05) is 19.8 Å². The number of ether oxygens (including phenoxy) is 3. The maximum absolute atomic E-state index is 11.3. The summed E-state index contributed by atoms with van der Waals surface area (Å²) in [6.45, 7) is 9.31. The van der Waals surface area contributed by atoms with E-state index in [9.17, 15) is 9.59 Å². The fourth-order valence-corrected chi connectivity index (χ4v) is 1.01. The maximum atomic E-state index is 11.3. The third kappa shape index (κ3) is 9.89. The second kappa shape index (κ2) is 7.92. The van der Waals surface area contributed by atoms with Crippen LogP contribution in [-0.2, 0) is 19.0 Å². The highest BCUT2D eigenvalue weighted by Crippen LogP contribution is 2.06. The fourth-order valence-electron chi connectivity index (χ4n) is 1.01. The molecule has 0 aliphatic heterocycles. The van der Waals surface area contributed by atoms with Crippen molar-refractivity contribution in [3.63, 3.8) is 0 Å². The van der Waals surface area contributed by atoms with Crippen LogP contribution in [0.25, 0.3) is 0 Å². The molecule has 0 rings (SSSR count). The van der Waals surface area contributed by atoms with E-state index in [1.54, 1.807) is 34.6 Å². The molecule has 106 valence electrons. The Balaban J connectivity index is 3.73. The summed E-state index contributed by atoms with van der Waals surface area (Å²) in [6, 6.07) is 0. The first-order chi connectivity index (χ1) is 8.24. The number of hydrogen-bond donors (Lipinski definition) is 1. The van der Waals surface area contributed by atoms with Crippen molar-refractivity contribution in [1.82, 2.24) is 5.32 Å². The number of rotatable bonds is 6. The van der Waals surface area contributed by atoms with E-state index in [1.807, 2.05) is 0 Å². The Morgan fingerprint density at radius 2 is 1.89 bits per heavy atom. The number of alkyl carbamates (subject to hydrolysis) is 1. The zero-order valence-corrected chi connectivity index (χ0v) is 11.7. The van der Waals surface area contributed by atoms with Gasteiger partial charge in [0.25, 0.3) is 0 Å². The molecule has 6 nitrogen and oxygen atoms in total. The highest BCUT2D eigenvalue weighted by atomic mass is 16.6. The Hall–Kier alpha value is -1.30. The number of nitrogens with one attached hydrogen (secondary N) is 1. The molecule has 0 aromatic carbocycles. The first kappa shape index (κ1) is 16.7. The smallest absolute Gasteiger partial charge is 0.407 e. The molecule has 0 aromatic rings. The normalized spacial score (nSPS) is 12.7. The van der Waals surface area contributed by atoms with Crippen LogP contribution in [-0.4, -0.2) is 43.5 Å². The molecular weight excluding hydrogens is 238 g/mol. The summed E-state index contributed by atoms with van der Waals surface area (Å²) in [5, 5.41) is 2.56. The molecule has 18 heavy (non-hydrogen) atoms. The summed E-state index contributed by atoms with van der Waals surface area (Å²) in [4.78, 5) is 22.3. The molecule has 0 spiro atoms. The van der Waals surface area contributed by atoms with Crippen LogP contribution in [0.3, 0.4) is 0 Å². The van der Waals surface area contributed by atoms with E-state index in [0.29, 0.717) is 6.61 Å². The van der Waals surface area contributed by atoms with Gasteiger partial charge in [0, 0.05) is 6.54 Å². The molecule has 0 saturated heterocycles. The Labute approximate surface area is 108 Å². The monoisotopic (exact) mass is 261 g/mol. The van der Waals surface area contributed by atoms with Crippen LogP contribution in [0.1, 0.15) is 34.6 Å². The second-order valence-electron chi connectivity index (χ2n) is 4.81. The summed E-state index contributed by atoms with van der Waals surface area (Å²) in [5.74, 6) is -0.415. The Bertz CT molecular complexity index is 272. The van der Waals surface area contributed by atoms with Crippen molar-refractivity contribution in [3.8, 4) is 0 Å². The van der Waals surface area contributed by atoms with Crippen LogP contribution in [0, 0.1) is 0 Å². The van der Waals surface area contributed by atoms with Crippen LogP contribution >= 0.6 is 0 Å². The number of amides is 1. The van der Waals surface area contributed by atoms with Gasteiger partial charge in [-0.1, -0.05) is 0 Å². The van der Waals surface area contributed by atoms with Gasteiger partial charge < -0.3 is 19.5 Å². The van der Waals surface area contributed by atoms with E-state index in [-0.39, 0.29) is 19.3 Å². The van der Waals surface area contributed by atoms with Crippen LogP contribution < -0.4 is 5.32 Å². The van der Waals surface area contributed by atoms with Gasteiger partial charge in [0.05, 0.1) is 12.7 Å². The minimum Gasteiger partial charge on any atom is -0.464 e. The van der Waals surface area contributed by atoms with Gasteiger partial charge in [0.2, 0.25) is 0 Å². The topological polar surface area (TPSA) is 73.9 Å². The van der Waals surface area contributed by atoms with Gasteiger partial charge in [-0.2, -0.15) is 0 Å². The van der Waals surface area contributed by atoms with Crippen molar-refractivity contribution in [3.05, 3.63) is 0 Å². The second-order valence-corrected chi connectivity index (χ2v) is 4.81.